The number of aromatic nitrogens is 1. The molecular formula is C16H18F2N2O3S. The average Bonchev–Trinajstić information content (AvgIpc) is 3.01. The second-order valence-corrected chi connectivity index (χ2v) is 7.70. The van der Waals surface area contributed by atoms with Crippen molar-refractivity contribution in [1.29, 1.82) is 0 Å². The Bertz CT molecular complexity index is 803. The Morgan fingerprint density at radius 3 is 2.54 bits per heavy atom. The lowest BCUT2D eigenvalue weighted by atomic mass is 10.1. The maximum Gasteiger partial charge on any atom is 0.263 e. The molecule has 2 aromatic rings. The van der Waals surface area contributed by atoms with E-state index in [0.29, 0.717) is 24.6 Å². The number of benzene rings is 1. The van der Waals surface area contributed by atoms with Gasteiger partial charge in [-0.15, -0.1) is 0 Å². The quantitative estimate of drug-likeness (QED) is 0.835. The van der Waals surface area contributed by atoms with Crippen LogP contribution in [0.3, 0.4) is 0 Å². The molecule has 1 saturated heterocycles. The van der Waals surface area contributed by atoms with Crippen LogP contribution in [0, 0.1) is 6.92 Å². The van der Waals surface area contributed by atoms with Crippen LogP contribution < -0.4 is 0 Å². The van der Waals surface area contributed by atoms with Gasteiger partial charge in [-0.05, 0) is 31.9 Å². The first-order valence-corrected chi connectivity index (χ1v) is 9.16. The number of rotatable bonds is 4. The van der Waals surface area contributed by atoms with Gasteiger partial charge in [0.25, 0.3) is 6.43 Å². The van der Waals surface area contributed by atoms with E-state index in [1.807, 2.05) is 0 Å². The molecule has 0 spiro atoms. The zero-order chi connectivity index (χ0) is 17.3. The highest BCUT2D eigenvalue weighted by Gasteiger charge is 2.36. The largest absolute Gasteiger partial charge is 0.444 e. The van der Waals surface area contributed by atoms with Gasteiger partial charge >= 0.3 is 0 Å². The minimum atomic E-state index is -3.80. The summed E-state index contributed by atoms with van der Waals surface area (Å²) in [5.74, 6) is 0.995. The zero-order valence-corrected chi connectivity index (χ0v) is 14.0. The number of alkyl halides is 2. The molecule has 3 rings (SSSR count). The molecule has 0 amide bonds. The first kappa shape index (κ1) is 17.0. The van der Waals surface area contributed by atoms with Crippen molar-refractivity contribution in [3.8, 4) is 0 Å². The molecule has 0 saturated carbocycles. The molecule has 1 unspecified atom stereocenters. The predicted molar refractivity (Wildman–Crippen MR) is 83.1 cm³/mol. The Labute approximate surface area is 139 Å². The van der Waals surface area contributed by atoms with Crippen molar-refractivity contribution >= 4 is 10.0 Å². The summed E-state index contributed by atoms with van der Waals surface area (Å²) in [4.78, 5) is 4.16. The Hall–Kier alpha value is -1.80. The van der Waals surface area contributed by atoms with Crippen LogP contribution in [0.5, 0.6) is 0 Å². The molecule has 1 aromatic heterocycles. The molecule has 0 N–H and O–H groups in total. The molecule has 1 aromatic carbocycles. The van der Waals surface area contributed by atoms with E-state index in [-0.39, 0.29) is 10.5 Å². The number of nitrogens with zero attached hydrogens (tertiary/aromatic N) is 2. The maximum atomic E-state index is 12.9. The van der Waals surface area contributed by atoms with E-state index in [2.05, 4.69) is 4.98 Å². The van der Waals surface area contributed by atoms with Crippen LogP contribution in [0.15, 0.2) is 39.8 Å². The van der Waals surface area contributed by atoms with Gasteiger partial charge in [0.05, 0.1) is 11.1 Å². The van der Waals surface area contributed by atoms with Gasteiger partial charge < -0.3 is 4.42 Å². The molecule has 0 aliphatic carbocycles. The normalized spacial score (nSPS) is 19.8. The zero-order valence-electron chi connectivity index (χ0n) is 13.2. The smallest absolute Gasteiger partial charge is 0.263 e. The molecule has 2 heterocycles. The number of hydrogen-bond acceptors (Lipinski definition) is 4. The summed E-state index contributed by atoms with van der Waals surface area (Å²) in [5, 5.41) is 0. The van der Waals surface area contributed by atoms with Gasteiger partial charge in [0.1, 0.15) is 11.8 Å². The summed E-state index contributed by atoms with van der Waals surface area (Å²) in [6, 6.07) is 4.27. The number of sulfonamides is 1. The van der Waals surface area contributed by atoms with E-state index < -0.39 is 22.5 Å². The van der Waals surface area contributed by atoms with Crippen molar-refractivity contribution in [2.24, 2.45) is 0 Å². The molecule has 1 aliphatic heterocycles. The van der Waals surface area contributed by atoms with E-state index in [0.717, 1.165) is 25.0 Å². The van der Waals surface area contributed by atoms with Crippen LogP contribution in [0.4, 0.5) is 8.78 Å². The number of halogens is 2. The number of aryl methyl sites for hydroxylation is 1. The van der Waals surface area contributed by atoms with Gasteiger partial charge in [-0.3, -0.25) is 0 Å². The van der Waals surface area contributed by atoms with Crippen LogP contribution in [-0.4, -0.2) is 24.3 Å². The van der Waals surface area contributed by atoms with E-state index in [1.165, 1.54) is 16.4 Å². The second kappa shape index (κ2) is 6.60. The standard InChI is InChI=1S/C16H18F2N2O3S/c1-11-10-19-16(23-11)14-4-2-3-9-20(14)24(21,22)13-7-5-12(6-8-13)15(17)18/h5-8,10,14-15H,2-4,9H2,1H3. The molecule has 8 heteroatoms. The fraction of sp³-hybridized carbons (Fsp3) is 0.438. The van der Waals surface area contributed by atoms with Crippen molar-refractivity contribution in [3.63, 3.8) is 0 Å². The van der Waals surface area contributed by atoms with Crippen LogP contribution in [-0.2, 0) is 10.0 Å². The van der Waals surface area contributed by atoms with E-state index in [9.17, 15) is 17.2 Å². The minimum Gasteiger partial charge on any atom is -0.444 e. The molecule has 130 valence electrons. The van der Waals surface area contributed by atoms with Crippen LogP contribution in [0.1, 0.15) is 48.9 Å². The van der Waals surface area contributed by atoms with Crippen LogP contribution in [0.2, 0.25) is 0 Å². The molecule has 1 fully saturated rings. The van der Waals surface area contributed by atoms with Crippen molar-refractivity contribution in [2.45, 2.75) is 43.5 Å². The maximum absolute atomic E-state index is 12.9. The van der Waals surface area contributed by atoms with E-state index in [1.54, 1.807) is 13.1 Å². The van der Waals surface area contributed by atoms with Crippen LogP contribution >= 0.6 is 0 Å². The highest BCUT2D eigenvalue weighted by molar-refractivity contribution is 7.89. The fourth-order valence-corrected chi connectivity index (χ4v) is 4.54. The van der Waals surface area contributed by atoms with Gasteiger partial charge in [0.2, 0.25) is 15.9 Å². The van der Waals surface area contributed by atoms with Gasteiger partial charge in [0.15, 0.2) is 0 Å². The lowest BCUT2D eigenvalue weighted by Gasteiger charge is -2.32. The first-order chi connectivity index (χ1) is 11.4. The third-order valence-corrected chi connectivity index (χ3v) is 6.04. The molecule has 1 aliphatic rings. The van der Waals surface area contributed by atoms with E-state index >= 15 is 0 Å². The Balaban J connectivity index is 1.94. The van der Waals surface area contributed by atoms with Gasteiger partial charge in [0, 0.05) is 12.1 Å². The lowest BCUT2D eigenvalue weighted by Crippen LogP contribution is -2.38. The number of oxazole rings is 1. The summed E-state index contributed by atoms with van der Waals surface area (Å²) in [6.45, 7) is 2.10. The first-order valence-electron chi connectivity index (χ1n) is 7.72. The second-order valence-electron chi connectivity index (χ2n) is 5.81. The van der Waals surface area contributed by atoms with Crippen LogP contribution in [0.25, 0.3) is 0 Å². The van der Waals surface area contributed by atoms with E-state index in [4.69, 9.17) is 4.42 Å². The molecule has 24 heavy (non-hydrogen) atoms. The molecule has 0 bridgehead atoms. The summed E-state index contributed by atoms with van der Waals surface area (Å²) in [6.07, 6.45) is 1.17. The summed E-state index contributed by atoms with van der Waals surface area (Å²) >= 11 is 0. The fourth-order valence-electron chi connectivity index (χ4n) is 2.89. The monoisotopic (exact) mass is 356 g/mol. The summed E-state index contributed by atoms with van der Waals surface area (Å²) in [5.41, 5.74) is -0.201. The highest BCUT2D eigenvalue weighted by atomic mass is 32.2. The van der Waals surface area contributed by atoms with Crippen molar-refractivity contribution in [1.82, 2.24) is 9.29 Å². The highest BCUT2D eigenvalue weighted by Crippen LogP contribution is 2.35. The third kappa shape index (κ3) is 3.21. The Kier molecular flexibility index (Phi) is 4.69. The van der Waals surface area contributed by atoms with Gasteiger partial charge in [-0.25, -0.2) is 22.2 Å². The third-order valence-electron chi connectivity index (χ3n) is 4.12. The van der Waals surface area contributed by atoms with Crippen molar-refractivity contribution in [3.05, 3.63) is 47.7 Å². The minimum absolute atomic E-state index is 0.00192. The summed E-state index contributed by atoms with van der Waals surface area (Å²) in [7, 11) is -3.80. The molecular weight excluding hydrogens is 338 g/mol. The molecule has 5 nitrogen and oxygen atoms in total. The molecule has 0 radical (unpaired) electrons. The lowest BCUT2D eigenvalue weighted by molar-refractivity contribution is 0.151. The SMILES string of the molecule is Cc1cnc(C2CCCCN2S(=O)(=O)c2ccc(C(F)F)cc2)o1. The van der Waals surface area contributed by atoms with Crippen molar-refractivity contribution < 1.29 is 21.6 Å². The Morgan fingerprint density at radius 2 is 1.96 bits per heavy atom. The predicted octanol–water partition coefficient (Wildman–Crippen LogP) is 3.84. The van der Waals surface area contributed by atoms with Crippen molar-refractivity contribution in [2.75, 3.05) is 6.54 Å². The average molecular weight is 356 g/mol. The number of hydrogen-bond donors (Lipinski definition) is 0. The topological polar surface area (TPSA) is 63.4 Å². The van der Waals surface area contributed by atoms with Gasteiger partial charge in [-0.1, -0.05) is 18.6 Å². The van der Waals surface area contributed by atoms with Gasteiger partial charge in [-0.2, -0.15) is 4.31 Å². The molecule has 1 atom stereocenters. The Morgan fingerprint density at radius 1 is 1.25 bits per heavy atom. The number of piperidine rings is 1. The summed E-state index contributed by atoms with van der Waals surface area (Å²) < 4.78 is 58.0.